The molecular formula is C21H20N2O5. The average molecular weight is 380 g/mol. The predicted molar refractivity (Wildman–Crippen MR) is 106 cm³/mol. The van der Waals surface area contributed by atoms with Gasteiger partial charge in [0.25, 0.3) is 5.69 Å². The molecule has 0 saturated carbocycles. The molecular weight excluding hydrogens is 360 g/mol. The van der Waals surface area contributed by atoms with E-state index >= 15 is 0 Å². The van der Waals surface area contributed by atoms with E-state index in [1.165, 1.54) is 18.2 Å². The average Bonchev–Trinajstić information content (AvgIpc) is 3.02. The highest BCUT2D eigenvalue weighted by Gasteiger charge is 2.18. The van der Waals surface area contributed by atoms with Crippen molar-refractivity contribution in [3.05, 3.63) is 75.5 Å². The lowest BCUT2D eigenvalue weighted by molar-refractivity contribution is -0.385. The Bertz CT molecular complexity index is 1070. The zero-order chi connectivity index (χ0) is 20.3. The predicted octanol–water partition coefficient (Wildman–Crippen LogP) is 4.55. The van der Waals surface area contributed by atoms with Crippen LogP contribution in [0, 0.1) is 17.0 Å². The summed E-state index contributed by atoms with van der Waals surface area (Å²) in [7, 11) is 1.60. The number of amides is 1. The van der Waals surface area contributed by atoms with Crippen molar-refractivity contribution in [3.8, 4) is 5.75 Å². The number of hydrogen-bond donors (Lipinski definition) is 1. The molecule has 1 aromatic heterocycles. The van der Waals surface area contributed by atoms with Crippen molar-refractivity contribution in [1.82, 2.24) is 5.32 Å². The number of para-hydroxylation sites is 1. The van der Waals surface area contributed by atoms with Crippen LogP contribution >= 0.6 is 0 Å². The minimum Gasteiger partial charge on any atom is -0.497 e. The van der Waals surface area contributed by atoms with Crippen LogP contribution in [0.3, 0.4) is 0 Å². The first-order chi connectivity index (χ1) is 13.4. The molecule has 0 aliphatic carbocycles. The standard InChI is InChI=1S/C21H20N2O5/c1-13-17-12-16(27-3)9-10-19(17)28-21(13)14(2)22-20(24)11-8-15-6-4-5-7-18(15)23(25)26/h4-12,14H,1-3H3,(H,22,24)/b11-8+. The summed E-state index contributed by atoms with van der Waals surface area (Å²) in [6.07, 6.45) is 2.70. The SMILES string of the molecule is COc1ccc2oc(C(C)NC(=O)/C=C/c3ccccc3[N+](=O)[O-])c(C)c2c1. The van der Waals surface area contributed by atoms with Crippen LogP contribution < -0.4 is 10.1 Å². The number of fused-ring (bicyclic) bond motifs is 1. The normalized spacial score (nSPS) is 12.2. The van der Waals surface area contributed by atoms with Crippen molar-refractivity contribution in [2.75, 3.05) is 7.11 Å². The van der Waals surface area contributed by atoms with Gasteiger partial charge in [-0.2, -0.15) is 0 Å². The fourth-order valence-electron chi connectivity index (χ4n) is 3.05. The molecule has 0 fully saturated rings. The van der Waals surface area contributed by atoms with Crippen LogP contribution in [0.5, 0.6) is 5.75 Å². The molecule has 1 amide bonds. The number of ether oxygens (including phenoxy) is 1. The first-order valence-corrected chi connectivity index (χ1v) is 8.69. The quantitative estimate of drug-likeness (QED) is 0.385. The van der Waals surface area contributed by atoms with E-state index in [1.54, 1.807) is 25.3 Å². The number of nitro benzene ring substituents is 1. The second-order valence-electron chi connectivity index (χ2n) is 6.33. The number of benzene rings is 2. The van der Waals surface area contributed by atoms with E-state index in [2.05, 4.69) is 5.32 Å². The van der Waals surface area contributed by atoms with Crippen LogP contribution in [-0.2, 0) is 4.79 Å². The highest BCUT2D eigenvalue weighted by Crippen LogP contribution is 2.31. The smallest absolute Gasteiger partial charge is 0.276 e. The molecule has 1 heterocycles. The number of methoxy groups -OCH3 is 1. The Labute approximate surface area is 161 Å². The van der Waals surface area contributed by atoms with E-state index in [0.29, 0.717) is 16.9 Å². The van der Waals surface area contributed by atoms with Gasteiger partial charge in [-0.05, 0) is 44.2 Å². The van der Waals surface area contributed by atoms with E-state index in [0.717, 1.165) is 16.7 Å². The number of rotatable bonds is 6. The number of nitrogens with one attached hydrogen (secondary N) is 1. The highest BCUT2D eigenvalue weighted by molar-refractivity contribution is 5.92. The molecule has 0 aliphatic rings. The molecule has 0 aliphatic heterocycles. The summed E-state index contributed by atoms with van der Waals surface area (Å²) in [6.45, 7) is 3.74. The Morgan fingerprint density at radius 1 is 1.29 bits per heavy atom. The van der Waals surface area contributed by atoms with Crippen LogP contribution in [0.25, 0.3) is 17.0 Å². The van der Waals surface area contributed by atoms with E-state index in [-0.39, 0.29) is 17.6 Å². The summed E-state index contributed by atoms with van der Waals surface area (Å²) in [5.74, 6) is 1.01. The minimum atomic E-state index is -0.480. The first-order valence-electron chi connectivity index (χ1n) is 8.69. The lowest BCUT2D eigenvalue weighted by atomic mass is 10.1. The second-order valence-corrected chi connectivity index (χ2v) is 6.33. The zero-order valence-corrected chi connectivity index (χ0v) is 15.8. The molecule has 0 radical (unpaired) electrons. The molecule has 0 spiro atoms. The van der Waals surface area contributed by atoms with Crippen LogP contribution in [0.2, 0.25) is 0 Å². The van der Waals surface area contributed by atoms with Gasteiger partial charge in [0.15, 0.2) is 0 Å². The number of carbonyl (C=O) groups excluding carboxylic acids is 1. The minimum absolute atomic E-state index is 0.0540. The van der Waals surface area contributed by atoms with Crippen molar-refractivity contribution < 1.29 is 18.9 Å². The second kappa shape index (κ2) is 7.96. The molecule has 1 atom stereocenters. The van der Waals surface area contributed by atoms with Gasteiger partial charge in [0.1, 0.15) is 17.1 Å². The van der Waals surface area contributed by atoms with Gasteiger partial charge in [-0.15, -0.1) is 0 Å². The molecule has 1 N–H and O–H groups in total. The molecule has 0 saturated heterocycles. The van der Waals surface area contributed by atoms with Gasteiger partial charge in [-0.1, -0.05) is 12.1 Å². The van der Waals surface area contributed by atoms with Gasteiger partial charge in [-0.25, -0.2) is 0 Å². The van der Waals surface area contributed by atoms with E-state index < -0.39 is 4.92 Å². The zero-order valence-electron chi connectivity index (χ0n) is 15.8. The monoisotopic (exact) mass is 380 g/mol. The summed E-state index contributed by atoms with van der Waals surface area (Å²) >= 11 is 0. The molecule has 3 rings (SSSR count). The van der Waals surface area contributed by atoms with Crippen molar-refractivity contribution in [2.45, 2.75) is 19.9 Å². The fraction of sp³-hybridized carbons (Fsp3) is 0.190. The number of hydrogen-bond acceptors (Lipinski definition) is 5. The number of nitrogens with zero attached hydrogens (tertiary/aromatic N) is 1. The van der Waals surface area contributed by atoms with Crippen LogP contribution in [0.15, 0.2) is 53.0 Å². The molecule has 1 unspecified atom stereocenters. The van der Waals surface area contributed by atoms with Gasteiger partial charge in [0.2, 0.25) is 5.91 Å². The largest absolute Gasteiger partial charge is 0.497 e. The number of furan rings is 1. The van der Waals surface area contributed by atoms with E-state index in [1.807, 2.05) is 32.0 Å². The maximum absolute atomic E-state index is 12.3. The Hall–Kier alpha value is -3.61. The van der Waals surface area contributed by atoms with Gasteiger partial charge < -0.3 is 14.5 Å². The molecule has 0 bridgehead atoms. The molecule has 3 aromatic rings. The lowest BCUT2D eigenvalue weighted by Gasteiger charge is -2.10. The Morgan fingerprint density at radius 2 is 2.04 bits per heavy atom. The maximum Gasteiger partial charge on any atom is 0.276 e. The number of carbonyl (C=O) groups is 1. The Morgan fingerprint density at radius 3 is 2.75 bits per heavy atom. The van der Waals surface area contributed by atoms with E-state index in [9.17, 15) is 14.9 Å². The Balaban J connectivity index is 1.77. The summed E-state index contributed by atoms with van der Waals surface area (Å²) in [4.78, 5) is 22.8. The molecule has 7 nitrogen and oxygen atoms in total. The van der Waals surface area contributed by atoms with Crippen LogP contribution in [0.4, 0.5) is 5.69 Å². The fourth-order valence-corrected chi connectivity index (χ4v) is 3.05. The van der Waals surface area contributed by atoms with Gasteiger partial charge in [0.05, 0.1) is 23.6 Å². The number of nitro groups is 1. The topological polar surface area (TPSA) is 94.6 Å². The number of aryl methyl sites for hydroxylation is 1. The molecule has 28 heavy (non-hydrogen) atoms. The third-order valence-electron chi connectivity index (χ3n) is 4.48. The summed E-state index contributed by atoms with van der Waals surface area (Å²) in [5.41, 5.74) is 1.94. The molecule has 7 heteroatoms. The third kappa shape index (κ3) is 3.88. The summed E-state index contributed by atoms with van der Waals surface area (Å²) < 4.78 is 11.1. The van der Waals surface area contributed by atoms with Gasteiger partial charge in [-0.3, -0.25) is 14.9 Å². The third-order valence-corrected chi connectivity index (χ3v) is 4.48. The Kier molecular flexibility index (Phi) is 5.44. The van der Waals surface area contributed by atoms with Crippen LogP contribution in [-0.4, -0.2) is 17.9 Å². The van der Waals surface area contributed by atoms with Crippen molar-refractivity contribution in [2.24, 2.45) is 0 Å². The van der Waals surface area contributed by atoms with Crippen LogP contribution in [0.1, 0.15) is 29.9 Å². The van der Waals surface area contributed by atoms with Gasteiger partial charge in [0, 0.05) is 23.1 Å². The lowest BCUT2D eigenvalue weighted by Crippen LogP contribution is -2.24. The van der Waals surface area contributed by atoms with E-state index in [4.69, 9.17) is 9.15 Å². The van der Waals surface area contributed by atoms with Crippen molar-refractivity contribution in [1.29, 1.82) is 0 Å². The van der Waals surface area contributed by atoms with Crippen molar-refractivity contribution in [3.63, 3.8) is 0 Å². The first kappa shape index (κ1) is 19.2. The maximum atomic E-state index is 12.3. The molecule has 144 valence electrons. The van der Waals surface area contributed by atoms with Crippen molar-refractivity contribution >= 4 is 28.6 Å². The van der Waals surface area contributed by atoms with Gasteiger partial charge >= 0.3 is 0 Å². The highest BCUT2D eigenvalue weighted by atomic mass is 16.6. The molecule has 2 aromatic carbocycles. The summed E-state index contributed by atoms with van der Waals surface area (Å²) in [5, 5.41) is 14.8. The summed E-state index contributed by atoms with van der Waals surface area (Å²) in [6, 6.07) is 11.4.